The standard InChI is InChI=1S/C6Br2I4O/c7-1-2(9)3(10)4(11)5(12)6(1)13-8. The second-order valence-electron chi connectivity index (χ2n) is 1.98. The van der Waals surface area contributed by atoms with E-state index in [4.69, 9.17) is 3.83 Å². The molecule has 0 unspecified atom stereocenters. The van der Waals surface area contributed by atoms with Crippen LogP contribution in [0, 0.1) is 14.3 Å². The van der Waals surface area contributed by atoms with Crippen LogP contribution >= 0.6 is 123 Å². The molecule has 0 bridgehead atoms. The van der Waals surface area contributed by atoms with Gasteiger partial charge in [-0.1, -0.05) is 0 Å². The Morgan fingerprint density at radius 2 is 1.31 bits per heavy atom. The minimum Gasteiger partial charge on any atom is -0.416 e. The van der Waals surface area contributed by atoms with Crippen molar-refractivity contribution in [2.24, 2.45) is 0 Å². The van der Waals surface area contributed by atoms with Gasteiger partial charge in [0.25, 0.3) is 0 Å². The molecule has 0 atom stereocenters. The first-order valence-corrected chi connectivity index (χ1v) is 8.56. The zero-order valence-electron chi connectivity index (χ0n) is 5.68. The smallest absolute Gasteiger partial charge is 0.179 e. The van der Waals surface area contributed by atoms with Crippen LogP contribution in [0.4, 0.5) is 0 Å². The summed E-state index contributed by atoms with van der Waals surface area (Å²) in [6.07, 6.45) is 0. The maximum atomic E-state index is 5.14. The zero-order valence-corrected chi connectivity index (χ0v) is 17.5. The monoisotopic (exact) mass is 753 g/mol. The second-order valence-corrected chi connectivity index (χ2v) is 7.41. The normalized spacial score (nSPS) is 10.3. The van der Waals surface area contributed by atoms with Gasteiger partial charge in [-0.3, -0.25) is 0 Å². The van der Waals surface area contributed by atoms with E-state index in [9.17, 15) is 0 Å². The number of rotatable bonds is 1. The Morgan fingerprint density at radius 3 is 1.77 bits per heavy atom. The molecule has 0 aliphatic heterocycles. The summed E-state index contributed by atoms with van der Waals surface area (Å²) in [7, 11) is 0. The van der Waals surface area contributed by atoms with Crippen molar-refractivity contribution in [1.29, 1.82) is 0 Å². The summed E-state index contributed by atoms with van der Waals surface area (Å²) in [4.78, 5) is 0. The predicted octanol–water partition coefficient (Wildman–Crippen LogP) is 5.56. The van der Waals surface area contributed by atoms with E-state index in [1.807, 2.05) is 0 Å². The van der Waals surface area contributed by atoms with Crippen LogP contribution in [-0.4, -0.2) is 0 Å². The molecule has 0 heterocycles. The van der Waals surface area contributed by atoms with Crippen molar-refractivity contribution < 1.29 is 3.83 Å². The van der Waals surface area contributed by atoms with Crippen LogP contribution in [0.15, 0.2) is 4.47 Å². The summed E-state index contributed by atoms with van der Waals surface area (Å²) >= 11 is 15.7. The zero-order chi connectivity index (χ0) is 10.2. The van der Waals surface area contributed by atoms with Crippen LogP contribution in [0.1, 0.15) is 0 Å². The average molecular weight is 755 g/mol. The van der Waals surface area contributed by atoms with E-state index in [-0.39, 0.29) is 0 Å². The molecule has 0 radical (unpaired) electrons. The highest BCUT2D eigenvalue weighted by Gasteiger charge is 2.18. The molecular weight excluding hydrogens is 755 g/mol. The van der Waals surface area contributed by atoms with E-state index < -0.39 is 0 Å². The molecule has 13 heavy (non-hydrogen) atoms. The van der Waals surface area contributed by atoms with Gasteiger partial charge in [0.05, 0.1) is 8.04 Å². The number of hydrogen-bond acceptors (Lipinski definition) is 1. The van der Waals surface area contributed by atoms with Gasteiger partial charge < -0.3 is 3.83 Å². The Labute approximate surface area is 148 Å². The van der Waals surface area contributed by atoms with Crippen molar-refractivity contribution >= 4 is 123 Å². The van der Waals surface area contributed by atoms with Gasteiger partial charge >= 0.3 is 0 Å². The summed E-state index contributed by atoms with van der Waals surface area (Å²) in [5.41, 5.74) is 0. The first kappa shape index (κ1) is 14.0. The summed E-state index contributed by atoms with van der Waals surface area (Å²) in [5, 5.41) is 0. The fourth-order valence-corrected chi connectivity index (χ4v) is 5.96. The van der Waals surface area contributed by atoms with Gasteiger partial charge in [0.2, 0.25) is 0 Å². The van der Waals surface area contributed by atoms with E-state index in [1.54, 1.807) is 0 Å². The third-order valence-electron chi connectivity index (χ3n) is 1.25. The minimum atomic E-state index is 0.842. The molecule has 72 valence electrons. The molecule has 0 N–H and O–H groups in total. The molecule has 1 aromatic rings. The number of benzene rings is 1. The molecule has 0 aliphatic rings. The molecule has 0 aliphatic carbocycles. The first-order valence-electron chi connectivity index (χ1n) is 2.80. The third kappa shape index (κ3) is 2.97. The van der Waals surface area contributed by atoms with E-state index in [2.05, 4.69) is 123 Å². The van der Waals surface area contributed by atoms with Crippen molar-refractivity contribution in [3.05, 3.63) is 18.8 Å². The summed E-state index contributed by atoms with van der Waals surface area (Å²) < 4.78 is 10.9. The molecule has 1 rings (SSSR count). The van der Waals surface area contributed by atoms with Crippen LogP contribution < -0.4 is 3.83 Å². The summed E-state index contributed by atoms with van der Waals surface area (Å²) in [6.45, 7) is 0. The van der Waals surface area contributed by atoms with Gasteiger partial charge in [-0.25, -0.2) is 0 Å². The van der Waals surface area contributed by atoms with E-state index in [0.717, 1.165) is 13.8 Å². The molecule has 0 aromatic heterocycles. The SMILES string of the molecule is BrOc1c(Br)c(I)c(I)c(I)c1I. The van der Waals surface area contributed by atoms with Gasteiger partial charge in [-0.2, -0.15) is 0 Å². The highest BCUT2D eigenvalue weighted by molar-refractivity contribution is 14.1. The Hall–Kier alpha value is 2.90. The van der Waals surface area contributed by atoms with Crippen molar-refractivity contribution in [2.75, 3.05) is 0 Å². The van der Waals surface area contributed by atoms with Crippen molar-refractivity contribution in [3.63, 3.8) is 0 Å². The highest BCUT2D eigenvalue weighted by Crippen LogP contribution is 2.41. The van der Waals surface area contributed by atoms with Gasteiger partial charge in [0, 0.05) is 10.7 Å². The van der Waals surface area contributed by atoms with E-state index in [1.165, 1.54) is 10.7 Å². The fraction of sp³-hybridized carbons (Fsp3) is 0. The average Bonchev–Trinajstić information content (AvgIpc) is 2.13. The van der Waals surface area contributed by atoms with Crippen LogP contribution in [0.3, 0.4) is 0 Å². The maximum Gasteiger partial charge on any atom is 0.179 e. The van der Waals surface area contributed by atoms with Crippen LogP contribution in [0.2, 0.25) is 0 Å². The Balaban J connectivity index is 3.56. The largest absolute Gasteiger partial charge is 0.416 e. The van der Waals surface area contributed by atoms with Crippen LogP contribution in [-0.2, 0) is 0 Å². The number of halogens is 6. The molecule has 1 nitrogen and oxygen atoms in total. The predicted molar refractivity (Wildman–Crippen MR) is 94.6 cm³/mol. The lowest BCUT2D eigenvalue weighted by Gasteiger charge is -2.10. The Kier molecular flexibility index (Phi) is 6.45. The minimum absolute atomic E-state index is 0.842. The lowest BCUT2D eigenvalue weighted by atomic mass is 10.3. The Morgan fingerprint density at radius 1 is 0.846 bits per heavy atom. The second kappa shape index (κ2) is 6.00. The maximum absolute atomic E-state index is 5.14. The molecule has 0 spiro atoms. The van der Waals surface area contributed by atoms with Crippen LogP contribution in [0.25, 0.3) is 0 Å². The van der Waals surface area contributed by atoms with Crippen LogP contribution in [0.5, 0.6) is 5.75 Å². The van der Waals surface area contributed by atoms with Gasteiger partial charge in [0.15, 0.2) is 22.0 Å². The summed E-state index contributed by atoms with van der Waals surface area (Å²) in [6, 6.07) is 0. The van der Waals surface area contributed by atoms with Gasteiger partial charge in [0.1, 0.15) is 0 Å². The third-order valence-corrected chi connectivity index (χ3v) is 10.4. The molecular formula is C6Br2I4O. The topological polar surface area (TPSA) is 9.23 Å². The molecule has 0 saturated carbocycles. The molecule has 7 heteroatoms. The molecule has 0 saturated heterocycles. The molecule has 0 fully saturated rings. The quantitative estimate of drug-likeness (QED) is 0.208. The van der Waals surface area contributed by atoms with Gasteiger partial charge in [-0.15, -0.1) is 0 Å². The lowest BCUT2D eigenvalue weighted by Crippen LogP contribution is -1.95. The number of hydrogen-bond donors (Lipinski definition) is 0. The highest BCUT2D eigenvalue weighted by atomic mass is 127. The van der Waals surface area contributed by atoms with Crippen molar-refractivity contribution in [1.82, 2.24) is 0 Å². The van der Waals surface area contributed by atoms with E-state index in [0.29, 0.717) is 0 Å². The molecule has 0 amide bonds. The summed E-state index contributed by atoms with van der Waals surface area (Å²) in [5.74, 6) is 0.842. The molecule has 1 aromatic carbocycles. The lowest BCUT2D eigenvalue weighted by molar-refractivity contribution is 0.665. The van der Waals surface area contributed by atoms with Gasteiger partial charge in [-0.05, 0) is 106 Å². The van der Waals surface area contributed by atoms with E-state index >= 15 is 0 Å². The van der Waals surface area contributed by atoms with Crippen molar-refractivity contribution in [2.45, 2.75) is 0 Å². The first-order chi connectivity index (χ1) is 6.00. The van der Waals surface area contributed by atoms with Crippen molar-refractivity contribution in [3.8, 4) is 5.75 Å². The fourth-order valence-electron chi connectivity index (χ4n) is 0.652. The Bertz CT molecular complexity index is 326.